The number of rotatable bonds is 6. The molecule has 2 heterocycles. The minimum Gasteiger partial charge on any atom is -0.333 e. The molecule has 2 rings (SSSR count). The van der Waals surface area contributed by atoms with Crippen LogP contribution < -0.4 is 0 Å². The molecule has 7 nitrogen and oxygen atoms in total. The van der Waals surface area contributed by atoms with Crippen molar-refractivity contribution < 1.29 is 4.79 Å². The average Bonchev–Trinajstić information content (AvgIpc) is 3.10. The number of hydrogen-bond donors (Lipinski definition) is 1. The fourth-order valence-corrected chi connectivity index (χ4v) is 2.40. The van der Waals surface area contributed by atoms with Crippen LogP contribution >= 0.6 is 0 Å². The molecule has 0 aliphatic heterocycles. The minimum absolute atomic E-state index is 0.112. The fourth-order valence-electron chi connectivity index (χ4n) is 2.40. The summed E-state index contributed by atoms with van der Waals surface area (Å²) in [6, 6.07) is 2.18. The van der Waals surface area contributed by atoms with Crippen LogP contribution in [0.25, 0.3) is 0 Å². The van der Waals surface area contributed by atoms with E-state index >= 15 is 0 Å². The van der Waals surface area contributed by atoms with Crippen molar-refractivity contribution in [3.05, 3.63) is 29.6 Å². The van der Waals surface area contributed by atoms with Crippen LogP contribution in [0.2, 0.25) is 0 Å². The molecule has 0 saturated carbocycles. The standard InChI is InChI=1S/C14H22N6O/c1-5-11(6-2)20-10(3)7-12(18-20)14(21)19(4)8-13-15-9-16-17-13/h7,9,11H,5-6,8H2,1-4H3,(H,15,16,17). The lowest BCUT2D eigenvalue weighted by Gasteiger charge is -2.15. The zero-order chi connectivity index (χ0) is 15.4. The predicted octanol–water partition coefficient (Wildman–Crippen LogP) is 1.94. The van der Waals surface area contributed by atoms with Crippen molar-refractivity contribution in [3.8, 4) is 0 Å². The highest BCUT2D eigenvalue weighted by molar-refractivity contribution is 5.92. The Balaban J connectivity index is 2.14. The molecule has 7 heteroatoms. The summed E-state index contributed by atoms with van der Waals surface area (Å²) in [4.78, 5) is 18.0. The maximum Gasteiger partial charge on any atom is 0.274 e. The van der Waals surface area contributed by atoms with Crippen LogP contribution in [0, 0.1) is 6.92 Å². The van der Waals surface area contributed by atoms with Gasteiger partial charge in [0.1, 0.15) is 12.2 Å². The van der Waals surface area contributed by atoms with Gasteiger partial charge in [-0.25, -0.2) is 4.98 Å². The molecule has 1 N–H and O–H groups in total. The molecule has 0 atom stereocenters. The quantitative estimate of drug-likeness (QED) is 0.881. The number of H-pyrrole nitrogens is 1. The third kappa shape index (κ3) is 3.29. The highest BCUT2D eigenvalue weighted by Crippen LogP contribution is 2.18. The Labute approximate surface area is 124 Å². The van der Waals surface area contributed by atoms with Crippen molar-refractivity contribution in [1.29, 1.82) is 0 Å². The Morgan fingerprint density at radius 2 is 2.14 bits per heavy atom. The zero-order valence-electron chi connectivity index (χ0n) is 13.0. The Hall–Kier alpha value is -2.18. The summed E-state index contributed by atoms with van der Waals surface area (Å²) in [5, 5.41) is 11.0. The molecule has 0 fully saturated rings. The number of nitrogens with zero attached hydrogens (tertiary/aromatic N) is 5. The molecular formula is C14H22N6O. The molecule has 0 saturated heterocycles. The van der Waals surface area contributed by atoms with Crippen LogP contribution in [-0.4, -0.2) is 42.8 Å². The number of carbonyl (C=O) groups excluding carboxylic acids is 1. The number of hydrogen-bond acceptors (Lipinski definition) is 4. The maximum atomic E-state index is 12.4. The third-order valence-electron chi connectivity index (χ3n) is 3.63. The number of carbonyl (C=O) groups is 1. The first-order valence-corrected chi connectivity index (χ1v) is 7.22. The molecule has 0 aliphatic carbocycles. The van der Waals surface area contributed by atoms with E-state index in [1.807, 2.05) is 17.7 Å². The Morgan fingerprint density at radius 1 is 1.43 bits per heavy atom. The molecule has 0 radical (unpaired) electrons. The SMILES string of the molecule is CCC(CC)n1nc(C(=O)N(C)Cc2ncn[nH]2)cc1C. The number of amides is 1. The summed E-state index contributed by atoms with van der Waals surface area (Å²) < 4.78 is 1.95. The molecule has 114 valence electrons. The van der Waals surface area contributed by atoms with Gasteiger partial charge in [-0.1, -0.05) is 13.8 Å². The summed E-state index contributed by atoms with van der Waals surface area (Å²) in [5.74, 6) is 0.543. The van der Waals surface area contributed by atoms with E-state index in [9.17, 15) is 4.79 Å². The van der Waals surface area contributed by atoms with Crippen molar-refractivity contribution in [2.45, 2.75) is 46.2 Å². The van der Waals surface area contributed by atoms with Gasteiger partial charge in [-0.2, -0.15) is 10.2 Å². The van der Waals surface area contributed by atoms with E-state index in [2.05, 4.69) is 34.1 Å². The van der Waals surface area contributed by atoms with Crippen molar-refractivity contribution in [2.24, 2.45) is 0 Å². The summed E-state index contributed by atoms with van der Waals surface area (Å²) in [6.45, 7) is 6.63. The van der Waals surface area contributed by atoms with Gasteiger partial charge in [0.15, 0.2) is 5.69 Å². The fraction of sp³-hybridized carbons (Fsp3) is 0.571. The number of aromatic amines is 1. The maximum absolute atomic E-state index is 12.4. The van der Waals surface area contributed by atoms with E-state index in [1.54, 1.807) is 11.9 Å². The van der Waals surface area contributed by atoms with Gasteiger partial charge in [-0.15, -0.1) is 0 Å². The van der Waals surface area contributed by atoms with Crippen molar-refractivity contribution >= 4 is 5.91 Å². The minimum atomic E-state index is -0.112. The lowest BCUT2D eigenvalue weighted by Crippen LogP contribution is -2.27. The predicted molar refractivity (Wildman–Crippen MR) is 78.8 cm³/mol. The second-order valence-corrected chi connectivity index (χ2v) is 5.18. The Bertz CT molecular complexity index is 585. The molecule has 0 spiro atoms. The monoisotopic (exact) mass is 290 g/mol. The van der Waals surface area contributed by atoms with Crippen LogP contribution in [0.1, 0.15) is 54.7 Å². The van der Waals surface area contributed by atoms with Gasteiger partial charge in [0.2, 0.25) is 0 Å². The Kier molecular flexibility index (Phi) is 4.72. The summed E-state index contributed by atoms with van der Waals surface area (Å²) in [6.07, 6.45) is 3.43. The van der Waals surface area contributed by atoms with Crippen molar-refractivity contribution in [3.63, 3.8) is 0 Å². The van der Waals surface area contributed by atoms with E-state index in [0.29, 0.717) is 24.1 Å². The van der Waals surface area contributed by atoms with Gasteiger partial charge >= 0.3 is 0 Å². The van der Waals surface area contributed by atoms with Gasteiger partial charge in [0, 0.05) is 12.7 Å². The van der Waals surface area contributed by atoms with Gasteiger partial charge in [0.05, 0.1) is 12.6 Å². The van der Waals surface area contributed by atoms with Crippen LogP contribution in [0.5, 0.6) is 0 Å². The number of aromatic nitrogens is 5. The van der Waals surface area contributed by atoms with E-state index in [1.165, 1.54) is 6.33 Å². The molecule has 0 aliphatic rings. The largest absolute Gasteiger partial charge is 0.333 e. The molecule has 2 aromatic rings. The topological polar surface area (TPSA) is 79.7 Å². The third-order valence-corrected chi connectivity index (χ3v) is 3.63. The highest BCUT2D eigenvalue weighted by Gasteiger charge is 2.19. The van der Waals surface area contributed by atoms with Crippen LogP contribution in [-0.2, 0) is 6.54 Å². The molecule has 0 unspecified atom stereocenters. The van der Waals surface area contributed by atoms with E-state index in [0.717, 1.165) is 18.5 Å². The normalized spacial score (nSPS) is 11.1. The smallest absolute Gasteiger partial charge is 0.274 e. The molecule has 21 heavy (non-hydrogen) atoms. The molecular weight excluding hydrogens is 268 g/mol. The first-order valence-electron chi connectivity index (χ1n) is 7.22. The van der Waals surface area contributed by atoms with Crippen LogP contribution in [0.4, 0.5) is 0 Å². The molecule has 0 aromatic carbocycles. The summed E-state index contributed by atoms with van der Waals surface area (Å²) in [5.41, 5.74) is 1.49. The molecule has 1 amide bonds. The lowest BCUT2D eigenvalue weighted by atomic mass is 10.2. The second-order valence-electron chi connectivity index (χ2n) is 5.18. The van der Waals surface area contributed by atoms with E-state index < -0.39 is 0 Å². The van der Waals surface area contributed by atoms with Crippen LogP contribution in [0.3, 0.4) is 0 Å². The van der Waals surface area contributed by atoms with Gasteiger partial charge in [0.25, 0.3) is 5.91 Å². The van der Waals surface area contributed by atoms with Gasteiger partial charge in [-0.05, 0) is 25.8 Å². The first-order chi connectivity index (χ1) is 10.1. The van der Waals surface area contributed by atoms with Crippen molar-refractivity contribution in [2.75, 3.05) is 7.05 Å². The average molecular weight is 290 g/mol. The Morgan fingerprint density at radius 3 is 2.71 bits per heavy atom. The second kappa shape index (κ2) is 6.51. The first kappa shape index (κ1) is 15.2. The summed E-state index contributed by atoms with van der Waals surface area (Å²) in [7, 11) is 1.73. The molecule has 2 aromatic heterocycles. The van der Waals surface area contributed by atoms with E-state index in [4.69, 9.17) is 0 Å². The zero-order valence-corrected chi connectivity index (χ0v) is 13.0. The van der Waals surface area contributed by atoms with Crippen molar-refractivity contribution in [1.82, 2.24) is 29.9 Å². The lowest BCUT2D eigenvalue weighted by molar-refractivity contribution is 0.0774. The highest BCUT2D eigenvalue weighted by atomic mass is 16.2. The molecule has 0 bridgehead atoms. The summed E-state index contributed by atoms with van der Waals surface area (Å²) >= 11 is 0. The van der Waals surface area contributed by atoms with Crippen LogP contribution in [0.15, 0.2) is 12.4 Å². The van der Waals surface area contributed by atoms with Gasteiger partial charge in [-0.3, -0.25) is 14.6 Å². The number of aryl methyl sites for hydroxylation is 1. The van der Waals surface area contributed by atoms with E-state index in [-0.39, 0.29) is 5.91 Å². The number of nitrogens with one attached hydrogen (secondary N) is 1. The van der Waals surface area contributed by atoms with Gasteiger partial charge < -0.3 is 4.90 Å².